The second-order valence-corrected chi connectivity index (χ2v) is 8.09. The fraction of sp³-hybridized carbons (Fsp3) is 0.118. The normalized spacial score (nSPS) is 11.8. The monoisotopic (exact) mass is 442 g/mol. The van der Waals surface area contributed by atoms with E-state index in [-0.39, 0.29) is 5.56 Å². The molecule has 0 atom stereocenters. The van der Waals surface area contributed by atoms with Crippen molar-refractivity contribution < 1.29 is 21.7 Å². The van der Waals surface area contributed by atoms with Gasteiger partial charge in [0.25, 0.3) is 0 Å². The average molecular weight is 443 g/mol. The summed E-state index contributed by atoms with van der Waals surface area (Å²) in [7, 11) is -4.53. The predicted molar refractivity (Wildman–Crippen MR) is 95.8 cm³/mol. The highest BCUT2D eigenvalue weighted by molar-refractivity contribution is 9.10. The molecule has 0 saturated carbocycles. The van der Waals surface area contributed by atoms with Crippen molar-refractivity contribution in [3.05, 3.63) is 57.8 Å². The number of nitrogens with zero attached hydrogens (tertiary/aromatic N) is 1. The van der Waals surface area contributed by atoms with Crippen molar-refractivity contribution in [3.8, 4) is 22.4 Å². The molecule has 136 valence electrons. The molecule has 9 heteroatoms. The smallest absolute Gasteiger partial charge is 0.243 e. The number of rotatable bonds is 3. The first-order valence-electron chi connectivity index (χ1n) is 7.34. The van der Waals surface area contributed by atoms with Crippen molar-refractivity contribution in [2.45, 2.75) is 18.7 Å². The molecule has 3 aromatic rings. The number of nitrogens with two attached hydrogens (primary N) is 1. The van der Waals surface area contributed by atoms with E-state index in [0.717, 1.165) is 22.2 Å². The Balaban J connectivity index is 2.23. The van der Waals surface area contributed by atoms with Gasteiger partial charge >= 0.3 is 0 Å². The second kappa shape index (κ2) is 6.57. The molecule has 3 rings (SSSR count). The molecule has 0 radical (unpaired) electrons. The summed E-state index contributed by atoms with van der Waals surface area (Å²) in [6, 6.07) is 7.25. The first kappa shape index (κ1) is 18.7. The molecule has 0 spiro atoms. The predicted octanol–water partition coefficient (Wildman–Crippen LogP) is 4.31. The molecule has 1 heterocycles. The number of aromatic nitrogens is 1. The molecule has 0 aliphatic rings. The fourth-order valence-corrected chi connectivity index (χ4v) is 3.59. The van der Waals surface area contributed by atoms with Gasteiger partial charge in [-0.05, 0) is 49.2 Å². The molecule has 0 aliphatic carbocycles. The van der Waals surface area contributed by atoms with Crippen LogP contribution in [0.25, 0.3) is 22.4 Å². The van der Waals surface area contributed by atoms with Gasteiger partial charge in [-0.1, -0.05) is 27.2 Å². The van der Waals surface area contributed by atoms with Crippen molar-refractivity contribution in [2.75, 3.05) is 0 Å². The molecule has 2 N–H and O–H groups in total. The molecule has 5 nitrogen and oxygen atoms in total. The highest BCUT2D eigenvalue weighted by Gasteiger charge is 2.24. The molecule has 0 aliphatic heterocycles. The van der Waals surface area contributed by atoms with Gasteiger partial charge in [0, 0.05) is 10.0 Å². The Morgan fingerprint density at radius 2 is 1.69 bits per heavy atom. The summed E-state index contributed by atoms with van der Waals surface area (Å²) in [6.45, 7) is 3.49. The summed E-state index contributed by atoms with van der Waals surface area (Å²) in [6.07, 6.45) is 0. The lowest BCUT2D eigenvalue weighted by Crippen LogP contribution is -2.16. The van der Waals surface area contributed by atoms with Crippen molar-refractivity contribution in [2.24, 2.45) is 5.14 Å². The summed E-state index contributed by atoms with van der Waals surface area (Å²) >= 11 is 3.40. The quantitative estimate of drug-likeness (QED) is 0.654. The maximum atomic E-state index is 14.2. The Hall–Kier alpha value is -2.10. The third-order valence-electron chi connectivity index (χ3n) is 3.87. The van der Waals surface area contributed by atoms with Gasteiger partial charge in [-0.2, -0.15) is 0 Å². The van der Waals surface area contributed by atoms with Crippen LogP contribution >= 0.6 is 15.9 Å². The van der Waals surface area contributed by atoms with Crippen LogP contribution in [0.15, 0.2) is 44.2 Å². The zero-order chi connectivity index (χ0) is 19.2. The maximum absolute atomic E-state index is 14.2. The van der Waals surface area contributed by atoms with E-state index in [1.807, 2.05) is 19.1 Å². The third-order valence-corrected chi connectivity index (χ3v) is 5.71. The van der Waals surface area contributed by atoms with E-state index in [1.165, 1.54) is 0 Å². The largest absolute Gasteiger partial charge is 0.360 e. The molecule has 0 bridgehead atoms. The van der Waals surface area contributed by atoms with Crippen LogP contribution in [-0.4, -0.2) is 13.6 Å². The Kier molecular flexibility index (Phi) is 4.72. The summed E-state index contributed by atoms with van der Waals surface area (Å²) in [5.74, 6) is -2.22. The number of halogens is 3. The zero-order valence-electron chi connectivity index (χ0n) is 13.7. The first-order chi connectivity index (χ1) is 12.1. The van der Waals surface area contributed by atoms with Gasteiger partial charge in [0.05, 0.1) is 5.56 Å². The van der Waals surface area contributed by atoms with Gasteiger partial charge in [-0.3, -0.25) is 0 Å². The molecular formula is C17H13BrF2N2O3S. The Morgan fingerprint density at radius 3 is 2.23 bits per heavy atom. The van der Waals surface area contributed by atoms with Gasteiger partial charge in [0.1, 0.15) is 23.1 Å². The molecule has 0 unspecified atom stereocenters. The molecule has 0 amide bonds. The summed E-state index contributed by atoms with van der Waals surface area (Å²) < 4.78 is 57.3. The average Bonchev–Trinajstić information content (AvgIpc) is 2.89. The van der Waals surface area contributed by atoms with E-state index >= 15 is 0 Å². The number of aryl methyl sites for hydroxylation is 2. The number of benzene rings is 2. The van der Waals surface area contributed by atoms with Crippen LogP contribution in [0.2, 0.25) is 0 Å². The number of primary sulfonamides is 1. The fourth-order valence-electron chi connectivity index (χ4n) is 2.68. The van der Waals surface area contributed by atoms with Crippen LogP contribution in [0.1, 0.15) is 11.3 Å². The van der Waals surface area contributed by atoms with Crippen molar-refractivity contribution >= 4 is 26.0 Å². The van der Waals surface area contributed by atoms with Crippen LogP contribution in [-0.2, 0) is 10.0 Å². The van der Waals surface area contributed by atoms with Crippen molar-refractivity contribution in [3.63, 3.8) is 0 Å². The minimum absolute atomic E-state index is 0.0988. The summed E-state index contributed by atoms with van der Waals surface area (Å²) in [5, 5.41) is 8.85. The molecule has 2 aromatic carbocycles. The Bertz CT molecular complexity index is 1100. The standard InChI is InChI=1S/C17H13BrF2N2O3S/c1-8-5-10(3-4-12(8)18)16-15(9(2)25-22-16)11-6-13(19)17(14(20)7-11)26(21,23)24/h3-7H,1-2H3,(H2,21,23,24). The highest BCUT2D eigenvalue weighted by atomic mass is 79.9. The number of hydrogen-bond donors (Lipinski definition) is 1. The highest BCUT2D eigenvalue weighted by Crippen LogP contribution is 2.37. The van der Waals surface area contributed by atoms with Crippen LogP contribution in [0.5, 0.6) is 0 Å². The SMILES string of the molecule is Cc1cc(-c2noc(C)c2-c2cc(F)c(S(N)(=O)=O)c(F)c2)ccc1Br. The number of sulfonamides is 1. The zero-order valence-corrected chi connectivity index (χ0v) is 16.1. The minimum atomic E-state index is -4.53. The number of hydrogen-bond acceptors (Lipinski definition) is 4. The molecular weight excluding hydrogens is 430 g/mol. The van der Waals surface area contributed by atoms with Crippen LogP contribution in [0.4, 0.5) is 8.78 Å². The second-order valence-electron chi connectivity index (χ2n) is 5.74. The topological polar surface area (TPSA) is 86.2 Å². The van der Waals surface area contributed by atoms with Gasteiger partial charge in [-0.15, -0.1) is 0 Å². The first-order valence-corrected chi connectivity index (χ1v) is 9.68. The van der Waals surface area contributed by atoms with Crippen LogP contribution in [0, 0.1) is 25.5 Å². The lowest BCUT2D eigenvalue weighted by molar-refractivity contribution is 0.400. The van der Waals surface area contributed by atoms with Crippen LogP contribution < -0.4 is 5.14 Å². The lowest BCUT2D eigenvalue weighted by atomic mass is 9.98. The molecule has 0 fully saturated rings. The van der Waals surface area contributed by atoms with Gasteiger partial charge in [-0.25, -0.2) is 22.3 Å². The minimum Gasteiger partial charge on any atom is -0.360 e. The maximum Gasteiger partial charge on any atom is 0.243 e. The third kappa shape index (κ3) is 3.29. The van der Waals surface area contributed by atoms with E-state index < -0.39 is 26.6 Å². The molecule has 26 heavy (non-hydrogen) atoms. The van der Waals surface area contributed by atoms with E-state index in [9.17, 15) is 17.2 Å². The molecule has 1 aromatic heterocycles. The summed E-state index contributed by atoms with van der Waals surface area (Å²) in [5.41, 5.74) is 2.48. The van der Waals surface area contributed by atoms with E-state index in [1.54, 1.807) is 13.0 Å². The van der Waals surface area contributed by atoms with Crippen LogP contribution in [0.3, 0.4) is 0 Å². The van der Waals surface area contributed by atoms with Gasteiger partial charge in [0.2, 0.25) is 10.0 Å². The van der Waals surface area contributed by atoms with Gasteiger partial charge in [0.15, 0.2) is 4.90 Å². The van der Waals surface area contributed by atoms with Gasteiger partial charge < -0.3 is 4.52 Å². The van der Waals surface area contributed by atoms with E-state index in [0.29, 0.717) is 22.6 Å². The lowest BCUT2D eigenvalue weighted by Gasteiger charge is -2.08. The van der Waals surface area contributed by atoms with E-state index in [4.69, 9.17) is 9.66 Å². The summed E-state index contributed by atoms with van der Waals surface area (Å²) in [4.78, 5) is -1.17. The van der Waals surface area contributed by atoms with E-state index in [2.05, 4.69) is 21.1 Å². The van der Waals surface area contributed by atoms with Crippen molar-refractivity contribution in [1.29, 1.82) is 0 Å². The Morgan fingerprint density at radius 1 is 1.08 bits per heavy atom. The van der Waals surface area contributed by atoms with Crippen molar-refractivity contribution in [1.82, 2.24) is 5.16 Å². The molecule has 0 saturated heterocycles. The Labute approximate surface area is 157 Å².